The summed E-state index contributed by atoms with van der Waals surface area (Å²) >= 11 is 0. The first kappa shape index (κ1) is 28.0. The van der Waals surface area contributed by atoms with Crippen molar-refractivity contribution in [1.82, 2.24) is 0 Å². The van der Waals surface area contributed by atoms with Gasteiger partial charge in [0.2, 0.25) is 0 Å². The molecule has 1 aliphatic carbocycles. The smallest absolute Gasteiger partial charge is 0.159 e. The van der Waals surface area contributed by atoms with Crippen LogP contribution in [0.3, 0.4) is 0 Å². The summed E-state index contributed by atoms with van der Waals surface area (Å²) in [7, 11) is 0. The van der Waals surface area contributed by atoms with Crippen LogP contribution in [0.1, 0.15) is 75.6 Å². The third kappa shape index (κ3) is 7.64. The predicted octanol–water partition coefficient (Wildman–Crippen LogP) is 7.64. The Morgan fingerprint density at radius 1 is 1.03 bits per heavy atom. The number of ketones is 2. The summed E-state index contributed by atoms with van der Waals surface area (Å²) < 4.78 is 20.6. The number of rotatable bonds is 8. The lowest BCUT2D eigenvalue weighted by Gasteiger charge is -2.20. The quantitative estimate of drug-likeness (QED) is 0.240. The number of Topliss-reactive ketones (excluding diaryl/α,β-unsaturated/α-hetero) is 2. The van der Waals surface area contributed by atoms with Crippen molar-refractivity contribution in [3.8, 4) is 11.1 Å². The number of nitrogen functional groups attached to an aromatic ring is 1. The average molecular weight is 480 g/mol. The molecule has 0 bridgehead atoms. The number of hydrogen-bond donors (Lipinski definition) is 1. The van der Waals surface area contributed by atoms with Gasteiger partial charge in [-0.3, -0.25) is 4.79 Å². The molecule has 0 unspecified atom stereocenters. The van der Waals surface area contributed by atoms with Gasteiger partial charge in [-0.05, 0) is 81.8 Å². The van der Waals surface area contributed by atoms with Crippen molar-refractivity contribution in [3.63, 3.8) is 0 Å². The lowest BCUT2D eigenvalue weighted by molar-refractivity contribution is -0.117. The molecule has 0 aliphatic heterocycles. The van der Waals surface area contributed by atoms with Crippen molar-refractivity contribution in [2.24, 2.45) is 5.92 Å². The molecule has 1 aliphatic rings. The van der Waals surface area contributed by atoms with Crippen LogP contribution in [-0.4, -0.2) is 11.6 Å². The molecule has 1 fully saturated rings. The second-order valence-electron chi connectivity index (χ2n) is 9.63. The van der Waals surface area contributed by atoms with Crippen LogP contribution in [0.2, 0.25) is 0 Å². The number of carbonyl (C=O) groups is 2. The van der Waals surface area contributed by atoms with Gasteiger partial charge in [-0.2, -0.15) is 0 Å². The van der Waals surface area contributed by atoms with Gasteiger partial charge < -0.3 is 15.3 Å². The van der Waals surface area contributed by atoms with Crippen molar-refractivity contribution >= 4 is 23.0 Å². The maximum Gasteiger partial charge on any atom is 0.159 e. The minimum absolute atomic E-state index is 0.0377. The molecule has 188 valence electrons. The molecule has 0 aromatic heterocycles. The van der Waals surface area contributed by atoms with E-state index in [2.05, 4.69) is 13.5 Å². The van der Waals surface area contributed by atoms with Crippen LogP contribution >= 0.6 is 0 Å². The summed E-state index contributed by atoms with van der Waals surface area (Å²) in [5.74, 6) is 1.42. The lowest BCUT2D eigenvalue weighted by atomic mass is 9.90. The number of aryl methyl sites for hydroxylation is 1. The van der Waals surface area contributed by atoms with Gasteiger partial charge in [0.25, 0.3) is 0 Å². The first-order valence-corrected chi connectivity index (χ1v) is 12.1. The van der Waals surface area contributed by atoms with E-state index in [1.807, 2.05) is 32.9 Å². The van der Waals surface area contributed by atoms with Gasteiger partial charge in [0, 0.05) is 35.2 Å². The van der Waals surface area contributed by atoms with Crippen molar-refractivity contribution < 1.29 is 18.7 Å². The zero-order chi connectivity index (χ0) is 26.4. The number of hydrogen-bond acceptors (Lipinski definition) is 4. The Morgan fingerprint density at radius 2 is 1.63 bits per heavy atom. The topological polar surface area (TPSA) is 69.4 Å². The number of allylic oxidation sites excluding steroid dienone is 2. The van der Waals surface area contributed by atoms with Crippen LogP contribution in [0.5, 0.6) is 0 Å². The highest BCUT2D eigenvalue weighted by molar-refractivity contribution is 6.00. The van der Waals surface area contributed by atoms with Crippen LogP contribution in [-0.2, 0) is 14.3 Å². The van der Waals surface area contributed by atoms with E-state index < -0.39 is 0 Å². The fraction of sp³-hybridized carbons (Fsp3) is 0.400. The molecule has 4 nitrogen and oxygen atoms in total. The van der Waals surface area contributed by atoms with Gasteiger partial charge in [0.05, 0.1) is 5.76 Å². The lowest BCUT2D eigenvalue weighted by Crippen LogP contribution is -2.05. The van der Waals surface area contributed by atoms with Crippen LogP contribution < -0.4 is 5.73 Å². The van der Waals surface area contributed by atoms with Crippen LogP contribution in [0.4, 0.5) is 10.1 Å². The highest BCUT2D eigenvalue weighted by atomic mass is 19.1. The van der Waals surface area contributed by atoms with E-state index in [-0.39, 0.29) is 17.4 Å². The van der Waals surface area contributed by atoms with E-state index in [1.165, 1.54) is 32.8 Å². The Labute approximate surface area is 209 Å². The fourth-order valence-corrected chi connectivity index (χ4v) is 3.43. The number of nitrogens with two attached hydrogens (primary N) is 1. The summed E-state index contributed by atoms with van der Waals surface area (Å²) in [6.07, 6.45) is 3.66. The third-order valence-electron chi connectivity index (χ3n) is 6.41. The van der Waals surface area contributed by atoms with Crippen molar-refractivity contribution in [1.29, 1.82) is 0 Å². The van der Waals surface area contributed by atoms with E-state index in [1.54, 1.807) is 13.0 Å². The van der Waals surface area contributed by atoms with E-state index in [0.717, 1.165) is 33.7 Å². The average Bonchev–Trinajstić information content (AvgIpc) is 3.57. The number of halogens is 1. The fourth-order valence-electron chi connectivity index (χ4n) is 3.43. The Balaban J connectivity index is 0.000000975. The first-order valence-electron chi connectivity index (χ1n) is 12.1. The van der Waals surface area contributed by atoms with Gasteiger partial charge in [-0.1, -0.05) is 38.5 Å². The molecule has 0 heterocycles. The normalized spacial score (nSPS) is 13.4. The van der Waals surface area contributed by atoms with E-state index in [0.29, 0.717) is 41.2 Å². The number of benzene rings is 2. The Kier molecular flexibility index (Phi) is 9.58. The number of carbonyl (C=O) groups excluding carboxylic acids is 2. The van der Waals surface area contributed by atoms with Gasteiger partial charge in [-0.15, -0.1) is 0 Å². The van der Waals surface area contributed by atoms with Gasteiger partial charge in [-0.25, -0.2) is 4.39 Å². The zero-order valence-electron chi connectivity index (χ0n) is 22.1. The van der Waals surface area contributed by atoms with Crippen LogP contribution in [0.15, 0.2) is 42.2 Å². The highest BCUT2D eigenvalue weighted by Crippen LogP contribution is 2.35. The Hall–Kier alpha value is -3.21. The molecule has 0 saturated heterocycles. The molecule has 3 rings (SSSR count). The van der Waals surface area contributed by atoms with Gasteiger partial charge >= 0.3 is 0 Å². The monoisotopic (exact) mass is 479 g/mol. The predicted molar refractivity (Wildman–Crippen MR) is 142 cm³/mol. The summed E-state index contributed by atoms with van der Waals surface area (Å²) in [4.78, 5) is 23.4. The summed E-state index contributed by atoms with van der Waals surface area (Å²) in [6, 6.07) is 6.72. The van der Waals surface area contributed by atoms with E-state index in [9.17, 15) is 14.0 Å². The maximum atomic E-state index is 14.6. The van der Waals surface area contributed by atoms with Crippen LogP contribution in [0, 0.1) is 32.5 Å². The Morgan fingerprint density at radius 3 is 2.14 bits per heavy atom. The first-order chi connectivity index (χ1) is 16.3. The van der Waals surface area contributed by atoms with E-state index >= 15 is 0 Å². The molecule has 0 radical (unpaired) electrons. The molecule has 0 amide bonds. The van der Waals surface area contributed by atoms with Gasteiger partial charge in [0.15, 0.2) is 5.78 Å². The third-order valence-corrected chi connectivity index (χ3v) is 6.41. The standard InChI is InChI=1S/C26H30FNO3.C4H8/c1-14-12-23(24(27)13-25(14)28)21-10-11-22(18(5)17(21)4)26(19(6)20(7)30)31-16(3)9-8-15(2)29;1-4-2-3-4/h10-13H,3,8-9,28H2,1-2,4-7H3;4H,2-3H2,1H3/b26-19+;. The minimum atomic E-state index is -0.386. The minimum Gasteiger partial charge on any atom is -0.461 e. The molecule has 2 aromatic carbocycles. The summed E-state index contributed by atoms with van der Waals surface area (Å²) in [6.45, 7) is 16.5. The molecule has 2 N–H and O–H groups in total. The van der Waals surface area contributed by atoms with E-state index in [4.69, 9.17) is 10.5 Å². The summed E-state index contributed by atoms with van der Waals surface area (Å²) in [5.41, 5.74) is 11.2. The maximum absolute atomic E-state index is 14.6. The molecule has 35 heavy (non-hydrogen) atoms. The Bertz CT molecular complexity index is 1170. The molecule has 0 atom stereocenters. The molecular weight excluding hydrogens is 441 g/mol. The molecule has 1 saturated carbocycles. The number of ether oxygens (including phenoxy) is 1. The van der Waals surface area contributed by atoms with Crippen molar-refractivity contribution in [2.75, 3.05) is 5.73 Å². The number of anilines is 1. The van der Waals surface area contributed by atoms with Crippen LogP contribution in [0.25, 0.3) is 16.9 Å². The van der Waals surface area contributed by atoms with Gasteiger partial charge in [0.1, 0.15) is 17.4 Å². The van der Waals surface area contributed by atoms with Crippen molar-refractivity contribution in [2.45, 2.75) is 74.1 Å². The molecular formula is C30H38FNO3. The second-order valence-corrected chi connectivity index (χ2v) is 9.63. The largest absolute Gasteiger partial charge is 0.461 e. The zero-order valence-corrected chi connectivity index (χ0v) is 22.1. The molecule has 2 aromatic rings. The second kappa shape index (κ2) is 12.0. The highest BCUT2D eigenvalue weighted by Gasteiger charge is 2.19. The molecule has 0 spiro atoms. The SMILES string of the molecule is C=C(CCC(C)=O)O/C(=C(\C)C(C)=O)c1ccc(-c2cc(C)c(N)cc2F)c(C)c1C.CC1CC1. The summed E-state index contributed by atoms with van der Waals surface area (Å²) in [5, 5.41) is 0. The van der Waals surface area contributed by atoms with Crippen molar-refractivity contribution in [3.05, 3.63) is 70.2 Å². The molecule has 5 heteroatoms.